The fourth-order valence-electron chi connectivity index (χ4n) is 1.24. The lowest BCUT2D eigenvalue weighted by Crippen LogP contribution is -2.01. The molecule has 0 unspecified atom stereocenters. The van der Waals surface area contributed by atoms with Crippen LogP contribution in [0.4, 0.5) is 0 Å². The molecule has 0 amide bonds. The van der Waals surface area contributed by atoms with Crippen LogP contribution in [-0.2, 0) is 14.7 Å². The van der Waals surface area contributed by atoms with Crippen molar-refractivity contribution in [2.45, 2.75) is 51.9 Å². The van der Waals surface area contributed by atoms with E-state index >= 15 is 0 Å². The van der Waals surface area contributed by atoms with Crippen LogP contribution in [0.5, 0.6) is 0 Å². The van der Waals surface area contributed by atoms with E-state index in [9.17, 15) is 13.0 Å². The van der Waals surface area contributed by atoms with Crippen LogP contribution in [0.3, 0.4) is 0 Å². The third-order valence-corrected chi connectivity index (χ3v) is 2.79. The van der Waals surface area contributed by atoms with E-state index in [1.165, 1.54) is 19.3 Å². The normalized spacial score (nSPS) is 11.8. The van der Waals surface area contributed by atoms with Crippen molar-refractivity contribution in [1.82, 2.24) is 0 Å². The van der Waals surface area contributed by atoms with Crippen LogP contribution in [0, 0.1) is 0 Å². The maximum absolute atomic E-state index is 10.2. The van der Waals surface area contributed by atoms with Crippen LogP contribution in [0.1, 0.15) is 51.9 Å². The van der Waals surface area contributed by atoms with E-state index < -0.39 is 10.1 Å². The second kappa shape index (κ2) is 7.33. The molecule has 79 valence electrons. The Kier molecular flexibility index (Phi) is 7.28. The molecule has 0 N–H and O–H groups in total. The van der Waals surface area contributed by atoms with Gasteiger partial charge in [0.15, 0.2) is 0 Å². The van der Waals surface area contributed by atoms with Crippen molar-refractivity contribution >= 4 is 10.1 Å². The molecule has 0 aliphatic rings. The lowest BCUT2D eigenvalue weighted by atomic mass is 10.1. The first-order chi connectivity index (χ1) is 6.06. The summed E-state index contributed by atoms with van der Waals surface area (Å²) in [5.74, 6) is -0.194. The highest BCUT2D eigenvalue weighted by molar-refractivity contribution is 7.85. The molecule has 0 bridgehead atoms. The SMILES string of the molecule is CCCCCCCCCS([O])(=O)=O. The monoisotopic (exact) mass is 207 g/mol. The zero-order valence-corrected chi connectivity index (χ0v) is 9.11. The highest BCUT2D eigenvalue weighted by Gasteiger charge is 2.04. The average Bonchev–Trinajstić information content (AvgIpc) is 2.01. The molecule has 0 fully saturated rings. The molecule has 3 nitrogen and oxygen atoms in total. The lowest BCUT2D eigenvalue weighted by molar-refractivity contribution is 0.412. The van der Waals surface area contributed by atoms with Gasteiger partial charge < -0.3 is 0 Å². The summed E-state index contributed by atoms with van der Waals surface area (Å²) in [7, 11) is -3.97. The van der Waals surface area contributed by atoms with Gasteiger partial charge in [-0.1, -0.05) is 50.0 Å². The molecule has 0 atom stereocenters. The van der Waals surface area contributed by atoms with E-state index in [0.29, 0.717) is 6.42 Å². The molecule has 0 aliphatic heterocycles. The van der Waals surface area contributed by atoms with Crippen molar-refractivity contribution in [1.29, 1.82) is 0 Å². The summed E-state index contributed by atoms with van der Waals surface area (Å²) in [5.41, 5.74) is 0. The standard InChI is InChI=1S/C9H19O3S/c1-2-3-4-5-6-7-8-9-13(10,11)12/h2-9H2,1H3. The summed E-state index contributed by atoms with van der Waals surface area (Å²) in [6.45, 7) is 2.16. The summed E-state index contributed by atoms with van der Waals surface area (Å²) in [6.07, 6.45) is 7.29. The first-order valence-electron chi connectivity index (χ1n) is 5.00. The summed E-state index contributed by atoms with van der Waals surface area (Å²) in [4.78, 5) is 0. The average molecular weight is 207 g/mol. The van der Waals surface area contributed by atoms with Gasteiger partial charge in [0.25, 0.3) is 10.1 Å². The Morgan fingerprint density at radius 2 is 1.31 bits per heavy atom. The molecule has 4 heteroatoms. The first kappa shape index (κ1) is 12.9. The van der Waals surface area contributed by atoms with Gasteiger partial charge in [0.1, 0.15) is 0 Å². The highest BCUT2D eigenvalue weighted by atomic mass is 32.2. The first-order valence-corrected chi connectivity index (χ1v) is 6.57. The van der Waals surface area contributed by atoms with E-state index in [2.05, 4.69) is 6.92 Å². The minimum absolute atomic E-state index is 0.194. The summed E-state index contributed by atoms with van der Waals surface area (Å²) < 4.78 is 30.6. The number of hydrogen-bond donors (Lipinski definition) is 0. The van der Waals surface area contributed by atoms with Crippen molar-refractivity contribution in [2.24, 2.45) is 0 Å². The number of unbranched alkanes of at least 4 members (excludes halogenated alkanes) is 6. The van der Waals surface area contributed by atoms with Gasteiger partial charge in [0.2, 0.25) is 0 Å². The van der Waals surface area contributed by atoms with Crippen molar-refractivity contribution in [3.63, 3.8) is 0 Å². The molecule has 0 saturated heterocycles. The van der Waals surface area contributed by atoms with Gasteiger partial charge in [-0.05, 0) is 6.42 Å². The molecule has 0 heterocycles. The predicted octanol–water partition coefficient (Wildman–Crippen LogP) is 2.50. The Morgan fingerprint density at radius 3 is 1.77 bits per heavy atom. The van der Waals surface area contributed by atoms with Crippen molar-refractivity contribution in [3.05, 3.63) is 0 Å². The molecule has 0 saturated carbocycles. The minimum atomic E-state index is -3.97. The van der Waals surface area contributed by atoms with Gasteiger partial charge in [-0.3, -0.25) is 0 Å². The minimum Gasteiger partial charge on any atom is -0.197 e. The Balaban J connectivity index is 3.09. The largest absolute Gasteiger partial charge is 0.294 e. The second-order valence-electron chi connectivity index (χ2n) is 3.38. The molecular weight excluding hydrogens is 188 g/mol. The Labute approximate surface area is 81.3 Å². The Morgan fingerprint density at radius 1 is 0.846 bits per heavy atom. The molecule has 0 aromatic rings. The topological polar surface area (TPSA) is 54.0 Å². The Bertz CT molecular complexity index is 197. The van der Waals surface area contributed by atoms with Gasteiger partial charge in [0, 0.05) is 0 Å². The van der Waals surface area contributed by atoms with Crippen LogP contribution in [0.25, 0.3) is 0 Å². The molecule has 0 rings (SSSR count). The number of rotatable bonds is 8. The maximum Gasteiger partial charge on any atom is 0.294 e. The summed E-state index contributed by atoms with van der Waals surface area (Å²) in [6, 6.07) is 0. The molecular formula is C9H19O3S. The zero-order valence-electron chi connectivity index (χ0n) is 8.29. The Hall–Kier alpha value is -0.0900. The van der Waals surface area contributed by atoms with Gasteiger partial charge >= 0.3 is 0 Å². The van der Waals surface area contributed by atoms with Crippen LogP contribution < -0.4 is 0 Å². The van der Waals surface area contributed by atoms with Crippen molar-refractivity contribution < 1.29 is 13.0 Å². The third-order valence-electron chi connectivity index (χ3n) is 2.00. The second-order valence-corrected chi connectivity index (χ2v) is 4.91. The zero-order chi connectivity index (χ0) is 10.2. The highest BCUT2D eigenvalue weighted by Crippen LogP contribution is 2.07. The van der Waals surface area contributed by atoms with Crippen LogP contribution in [-0.4, -0.2) is 14.2 Å². The van der Waals surface area contributed by atoms with Gasteiger partial charge in [-0.2, -0.15) is 8.42 Å². The molecule has 0 spiro atoms. The van der Waals surface area contributed by atoms with E-state index in [4.69, 9.17) is 0 Å². The van der Waals surface area contributed by atoms with Crippen LogP contribution in [0.15, 0.2) is 0 Å². The predicted molar refractivity (Wildman–Crippen MR) is 52.5 cm³/mol. The van der Waals surface area contributed by atoms with Crippen molar-refractivity contribution in [3.8, 4) is 0 Å². The summed E-state index contributed by atoms with van der Waals surface area (Å²) in [5, 5.41) is 0. The van der Waals surface area contributed by atoms with Crippen molar-refractivity contribution in [2.75, 3.05) is 5.75 Å². The van der Waals surface area contributed by atoms with Crippen LogP contribution in [0.2, 0.25) is 0 Å². The molecule has 1 radical (unpaired) electrons. The third kappa shape index (κ3) is 11.9. The molecule has 0 aromatic heterocycles. The van der Waals surface area contributed by atoms with Gasteiger partial charge in [0.05, 0.1) is 5.75 Å². The molecule has 0 aliphatic carbocycles. The fraction of sp³-hybridized carbons (Fsp3) is 1.00. The van der Waals surface area contributed by atoms with Gasteiger partial charge in [-0.25, -0.2) is 0 Å². The molecule has 13 heavy (non-hydrogen) atoms. The summed E-state index contributed by atoms with van der Waals surface area (Å²) >= 11 is 0. The van der Waals surface area contributed by atoms with E-state index in [1.54, 1.807) is 0 Å². The smallest absolute Gasteiger partial charge is 0.197 e. The van der Waals surface area contributed by atoms with E-state index in [-0.39, 0.29) is 5.75 Å². The molecule has 0 aromatic carbocycles. The van der Waals surface area contributed by atoms with Gasteiger partial charge in [-0.15, -0.1) is 0 Å². The maximum atomic E-state index is 10.2. The lowest BCUT2D eigenvalue weighted by Gasteiger charge is -1.98. The van der Waals surface area contributed by atoms with E-state index in [1.807, 2.05) is 0 Å². The fourth-order valence-corrected chi connectivity index (χ4v) is 1.79. The van der Waals surface area contributed by atoms with E-state index in [0.717, 1.165) is 19.3 Å². The number of hydrogen-bond acceptors (Lipinski definition) is 2. The van der Waals surface area contributed by atoms with Crippen LogP contribution >= 0.6 is 0 Å². The quantitative estimate of drug-likeness (QED) is 0.574.